The van der Waals surface area contributed by atoms with Crippen molar-refractivity contribution < 1.29 is 9.47 Å². The third kappa shape index (κ3) is 4.11. The van der Waals surface area contributed by atoms with Gasteiger partial charge in [-0.15, -0.1) is 0 Å². The van der Waals surface area contributed by atoms with Crippen molar-refractivity contribution in [3.05, 3.63) is 113 Å². The van der Waals surface area contributed by atoms with E-state index >= 15 is 0 Å². The van der Waals surface area contributed by atoms with Crippen LogP contribution >= 0.6 is 0 Å². The fourth-order valence-corrected chi connectivity index (χ4v) is 4.59. The van der Waals surface area contributed by atoms with Gasteiger partial charge in [0.1, 0.15) is 0 Å². The van der Waals surface area contributed by atoms with Gasteiger partial charge in [0, 0.05) is 5.92 Å². The van der Waals surface area contributed by atoms with Crippen LogP contribution in [0.4, 0.5) is 0 Å². The lowest BCUT2D eigenvalue weighted by atomic mass is 9.77. The molecule has 3 heteroatoms. The average Bonchev–Trinajstić information content (AvgIpc) is 2.73. The lowest BCUT2D eigenvalue weighted by Crippen LogP contribution is -2.32. The largest absolute Gasteiger partial charge is 0.466 e. The molecule has 0 aromatic heterocycles. The van der Waals surface area contributed by atoms with Gasteiger partial charge in [-0.2, -0.15) is 0 Å². The van der Waals surface area contributed by atoms with E-state index in [-0.39, 0.29) is 18.4 Å². The summed E-state index contributed by atoms with van der Waals surface area (Å²) in [6.07, 6.45) is 11.7. The molecule has 0 radical (unpaired) electrons. The third-order valence-electron chi connectivity index (χ3n) is 6.27. The molecule has 0 saturated carbocycles. The number of hydrogen-bond acceptors (Lipinski definition) is 3. The zero-order valence-electron chi connectivity index (χ0n) is 18.3. The Morgan fingerprint density at radius 1 is 0.903 bits per heavy atom. The predicted molar refractivity (Wildman–Crippen MR) is 125 cm³/mol. The number of nitrogens with one attached hydrogen (secondary N) is 1. The van der Waals surface area contributed by atoms with Crippen molar-refractivity contribution in [2.75, 3.05) is 0 Å². The van der Waals surface area contributed by atoms with E-state index in [1.165, 1.54) is 33.4 Å². The highest BCUT2D eigenvalue weighted by molar-refractivity contribution is 5.75. The smallest absolute Gasteiger partial charge is 0.222 e. The molecule has 0 saturated heterocycles. The minimum atomic E-state index is -0.243. The normalized spacial score (nSPS) is 27.3. The molecule has 2 aromatic carbocycles. The summed E-state index contributed by atoms with van der Waals surface area (Å²) >= 11 is 0. The maximum Gasteiger partial charge on any atom is 0.222 e. The Morgan fingerprint density at radius 2 is 1.65 bits per heavy atom. The van der Waals surface area contributed by atoms with E-state index in [0.29, 0.717) is 5.92 Å². The number of rotatable bonds is 4. The van der Waals surface area contributed by atoms with E-state index in [1.54, 1.807) is 0 Å². The summed E-state index contributed by atoms with van der Waals surface area (Å²) in [6, 6.07) is 17.6. The van der Waals surface area contributed by atoms with Crippen LogP contribution in [0.3, 0.4) is 0 Å². The number of hydrogen-bond donors (Lipinski definition) is 1. The molecule has 4 unspecified atom stereocenters. The summed E-state index contributed by atoms with van der Waals surface area (Å²) in [5, 5.41) is 3.54. The van der Waals surface area contributed by atoms with Gasteiger partial charge >= 0.3 is 0 Å². The Labute approximate surface area is 184 Å². The van der Waals surface area contributed by atoms with Gasteiger partial charge in [0.25, 0.3) is 0 Å². The molecular weight excluding hydrogens is 382 g/mol. The zero-order chi connectivity index (χ0) is 21.4. The molecule has 2 heterocycles. The number of aryl methyl sites for hydroxylation is 1. The van der Waals surface area contributed by atoms with Crippen LogP contribution in [0, 0.1) is 6.92 Å². The van der Waals surface area contributed by atoms with E-state index in [1.807, 2.05) is 13.0 Å². The maximum atomic E-state index is 5.96. The lowest BCUT2D eigenvalue weighted by molar-refractivity contribution is -0.129. The van der Waals surface area contributed by atoms with E-state index in [4.69, 9.17) is 9.47 Å². The average molecular weight is 412 g/mol. The van der Waals surface area contributed by atoms with Gasteiger partial charge < -0.3 is 14.8 Å². The standard InChI is InChI=1S/C28H29NO2/c1-18-8-10-21(11-9-18)22-12-13-29-27(17-22)26-7-5-4-6-25(26)23-15-24(16-23)28-30-19(2)14-20(3)31-28/h4-15,17,19,23,27-29H,16H2,1-3H3. The van der Waals surface area contributed by atoms with Gasteiger partial charge in [-0.3, -0.25) is 0 Å². The van der Waals surface area contributed by atoms with E-state index in [0.717, 1.165) is 12.2 Å². The molecule has 1 N–H and O–H groups in total. The number of dihydropyridines is 1. The van der Waals surface area contributed by atoms with Crippen molar-refractivity contribution in [3.63, 3.8) is 0 Å². The number of ether oxygens (including phenoxy) is 2. The Kier molecular flexibility index (Phi) is 5.29. The van der Waals surface area contributed by atoms with Crippen LogP contribution < -0.4 is 5.32 Å². The Balaban J connectivity index is 1.38. The summed E-state index contributed by atoms with van der Waals surface area (Å²) in [7, 11) is 0. The molecule has 3 aliphatic rings. The molecule has 31 heavy (non-hydrogen) atoms. The van der Waals surface area contributed by atoms with Crippen LogP contribution in [-0.4, -0.2) is 12.4 Å². The van der Waals surface area contributed by atoms with Crippen molar-refractivity contribution in [2.24, 2.45) is 0 Å². The van der Waals surface area contributed by atoms with Crippen LogP contribution in [0.5, 0.6) is 0 Å². The first-order valence-corrected chi connectivity index (χ1v) is 11.1. The second-order valence-corrected chi connectivity index (χ2v) is 8.72. The fraction of sp³-hybridized carbons (Fsp3) is 0.286. The summed E-state index contributed by atoms with van der Waals surface area (Å²) in [4.78, 5) is 0. The van der Waals surface area contributed by atoms with Gasteiger partial charge in [-0.25, -0.2) is 0 Å². The van der Waals surface area contributed by atoms with Crippen molar-refractivity contribution in [1.82, 2.24) is 5.32 Å². The quantitative estimate of drug-likeness (QED) is 0.598. The van der Waals surface area contributed by atoms with Crippen molar-refractivity contribution in [2.45, 2.75) is 51.5 Å². The monoisotopic (exact) mass is 411 g/mol. The molecule has 4 atom stereocenters. The van der Waals surface area contributed by atoms with E-state index in [9.17, 15) is 0 Å². The first kappa shape index (κ1) is 19.9. The molecule has 2 aliphatic heterocycles. The van der Waals surface area contributed by atoms with E-state index in [2.05, 4.69) is 92.1 Å². The highest BCUT2D eigenvalue weighted by Gasteiger charge is 2.33. The molecule has 158 valence electrons. The lowest BCUT2D eigenvalue weighted by Gasteiger charge is -2.36. The summed E-state index contributed by atoms with van der Waals surface area (Å²) in [5.41, 5.74) is 7.72. The first-order chi connectivity index (χ1) is 15.1. The molecule has 2 aromatic rings. The molecule has 3 nitrogen and oxygen atoms in total. The van der Waals surface area contributed by atoms with Gasteiger partial charge in [-0.1, -0.05) is 60.2 Å². The molecule has 0 amide bonds. The van der Waals surface area contributed by atoms with Crippen LogP contribution in [0.25, 0.3) is 5.57 Å². The molecule has 0 bridgehead atoms. The third-order valence-corrected chi connectivity index (χ3v) is 6.27. The maximum absolute atomic E-state index is 5.96. The van der Waals surface area contributed by atoms with Crippen LogP contribution in [-0.2, 0) is 9.47 Å². The molecule has 5 rings (SSSR count). The first-order valence-electron chi connectivity index (χ1n) is 11.1. The van der Waals surface area contributed by atoms with Crippen molar-refractivity contribution >= 4 is 5.57 Å². The second-order valence-electron chi connectivity index (χ2n) is 8.72. The van der Waals surface area contributed by atoms with Gasteiger partial charge in [0.15, 0.2) is 0 Å². The van der Waals surface area contributed by atoms with Crippen LogP contribution in [0.15, 0.2) is 90.4 Å². The summed E-state index contributed by atoms with van der Waals surface area (Å²) in [5.74, 6) is 1.34. The SMILES string of the molecule is CC1=CC(C)OC(C2=CC(c3ccccc3C3C=C(c4ccc(C)cc4)C=CN3)C2)O1. The summed E-state index contributed by atoms with van der Waals surface area (Å²) < 4.78 is 11.9. The van der Waals surface area contributed by atoms with E-state index < -0.39 is 0 Å². The Morgan fingerprint density at radius 3 is 2.39 bits per heavy atom. The molecule has 0 spiro atoms. The topological polar surface area (TPSA) is 30.5 Å². The fourth-order valence-electron chi connectivity index (χ4n) is 4.59. The second kappa shape index (κ2) is 8.24. The Hall–Kier alpha value is -3.04. The van der Waals surface area contributed by atoms with Gasteiger partial charge in [0.05, 0.1) is 17.9 Å². The molecular formula is C28H29NO2. The van der Waals surface area contributed by atoms with Crippen molar-refractivity contribution in [3.8, 4) is 0 Å². The predicted octanol–water partition coefficient (Wildman–Crippen LogP) is 6.32. The van der Waals surface area contributed by atoms with Crippen LogP contribution in [0.1, 0.15) is 54.5 Å². The minimum absolute atomic E-state index is 0.0922. The van der Waals surface area contributed by atoms with Crippen LogP contribution in [0.2, 0.25) is 0 Å². The molecule has 1 aliphatic carbocycles. The zero-order valence-corrected chi connectivity index (χ0v) is 18.3. The highest BCUT2D eigenvalue weighted by atomic mass is 16.7. The number of benzene rings is 2. The number of allylic oxidation sites excluding steroid dienone is 4. The van der Waals surface area contributed by atoms with Gasteiger partial charge in [0.2, 0.25) is 6.29 Å². The van der Waals surface area contributed by atoms with Crippen molar-refractivity contribution in [1.29, 1.82) is 0 Å². The highest BCUT2D eigenvalue weighted by Crippen LogP contribution is 2.42. The molecule has 0 fully saturated rings. The summed E-state index contributed by atoms with van der Waals surface area (Å²) in [6.45, 7) is 6.18. The minimum Gasteiger partial charge on any atom is -0.466 e. The van der Waals surface area contributed by atoms with Gasteiger partial charge in [-0.05, 0) is 79.5 Å². The Bertz CT molecular complexity index is 1090.